The molecular weight excluding hydrogens is 238 g/mol. The summed E-state index contributed by atoms with van der Waals surface area (Å²) in [5, 5.41) is 3.18. The summed E-state index contributed by atoms with van der Waals surface area (Å²) in [6.45, 7) is 6.09. The van der Waals surface area contributed by atoms with E-state index in [4.69, 9.17) is 4.98 Å². The Kier molecular flexibility index (Phi) is 2.96. The van der Waals surface area contributed by atoms with Crippen molar-refractivity contribution in [1.29, 1.82) is 0 Å². The van der Waals surface area contributed by atoms with E-state index in [1.165, 1.54) is 12.8 Å². The first-order valence-electron chi connectivity index (χ1n) is 7.24. The molecule has 1 fully saturated rings. The zero-order chi connectivity index (χ0) is 13.6. The Bertz CT molecular complexity index is 675. The van der Waals surface area contributed by atoms with Crippen LogP contribution in [-0.2, 0) is 6.42 Å². The molecule has 0 bridgehead atoms. The molecule has 2 aromatic heterocycles. The monoisotopic (exact) mass is 259 g/mol. The first-order valence-corrected chi connectivity index (χ1v) is 7.24. The number of aryl methyl sites for hydroxylation is 3. The topological polar surface area (TPSA) is 50.2 Å². The zero-order valence-corrected chi connectivity index (χ0v) is 11.9. The van der Waals surface area contributed by atoms with Crippen molar-refractivity contribution in [2.75, 3.05) is 0 Å². The van der Waals surface area contributed by atoms with Crippen LogP contribution in [0.2, 0.25) is 0 Å². The van der Waals surface area contributed by atoms with E-state index in [0.717, 1.165) is 47.4 Å². The highest BCUT2D eigenvalue weighted by atomic mass is 16.1. The quantitative estimate of drug-likeness (QED) is 0.901. The first-order chi connectivity index (χ1) is 9.13. The smallest absolute Gasteiger partial charge is 0.276 e. The highest BCUT2D eigenvalue weighted by Crippen LogP contribution is 2.33. The van der Waals surface area contributed by atoms with Crippen LogP contribution in [0.25, 0.3) is 5.65 Å². The summed E-state index contributed by atoms with van der Waals surface area (Å²) < 4.78 is 1.65. The molecular formula is C15H21N3O. The molecule has 2 heterocycles. The maximum Gasteiger partial charge on any atom is 0.276 e. The van der Waals surface area contributed by atoms with Gasteiger partial charge in [-0.3, -0.25) is 9.89 Å². The summed E-state index contributed by atoms with van der Waals surface area (Å²) in [7, 11) is 0. The standard InChI is InChI=1S/C15H21N3O/c1-4-12-9(2)17-18-14(12)16-10(3)13(15(18)19)11-7-5-6-8-11/h11,17H,4-8H2,1-3H3. The van der Waals surface area contributed by atoms with Crippen molar-refractivity contribution in [3.8, 4) is 0 Å². The van der Waals surface area contributed by atoms with Crippen molar-refractivity contribution in [3.63, 3.8) is 0 Å². The summed E-state index contributed by atoms with van der Waals surface area (Å²) >= 11 is 0. The van der Waals surface area contributed by atoms with Crippen LogP contribution in [0.15, 0.2) is 4.79 Å². The van der Waals surface area contributed by atoms with Gasteiger partial charge in [-0.05, 0) is 39.0 Å². The van der Waals surface area contributed by atoms with Gasteiger partial charge in [-0.2, -0.15) is 0 Å². The SMILES string of the molecule is CCc1c(C)[nH]n2c(=O)c(C3CCCC3)c(C)nc12. The lowest BCUT2D eigenvalue weighted by molar-refractivity contribution is 0.686. The fourth-order valence-corrected chi connectivity index (χ4v) is 3.46. The number of hydrogen-bond acceptors (Lipinski definition) is 2. The van der Waals surface area contributed by atoms with Crippen LogP contribution >= 0.6 is 0 Å². The average molecular weight is 259 g/mol. The van der Waals surface area contributed by atoms with Gasteiger partial charge in [-0.1, -0.05) is 19.8 Å². The van der Waals surface area contributed by atoms with Gasteiger partial charge in [0.1, 0.15) is 0 Å². The molecule has 2 aromatic rings. The zero-order valence-electron chi connectivity index (χ0n) is 11.9. The van der Waals surface area contributed by atoms with Crippen molar-refractivity contribution in [2.24, 2.45) is 0 Å². The van der Waals surface area contributed by atoms with Gasteiger partial charge in [0, 0.05) is 22.5 Å². The maximum atomic E-state index is 12.7. The van der Waals surface area contributed by atoms with Crippen LogP contribution in [0, 0.1) is 13.8 Å². The fraction of sp³-hybridized carbons (Fsp3) is 0.600. The first kappa shape index (κ1) is 12.5. The fourth-order valence-electron chi connectivity index (χ4n) is 3.46. The van der Waals surface area contributed by atoms with Crippen molar-refractivity contribution in [2.45, 2.75) is 58.8 Å². The normalized spacial score (nSPS) is 16.6. The van der Waals surface area contributed by atoms with E-state index in [1.807, 2.05) is 13.8 Å². The van der Waals surface area contributed by atoms with E-state index in [1.54, 1.807) is 4.52 Å². The number of aromatic amines is 1. The Labute approximate surface area is 112 Å². The van der Waals surface area contributed by atoms with E-state index in [0.29, 0.717) is 5.92 Å². The van der Waals surface area contributed by atoms with Gasteiger partial charge < -0.3 is 0 Å². The van der Waals surface area contributed by atoms with Gasteiger partial charge in [-0.25, -0.2) is 9.50 Å². The second kappa shape index (κ2) is 4.51. The van der Waals surface area contributed by atoms with Crippen LogP contribution in [0.4, 0.5) is 0 Å². The molecule has 0 radical (unpaired) electrons. The van der Waals surface area contributed by atoms with Gasteiger partial charge in [0.25, 0.3) is 5.56 Å². The molecule has 4 nitrogen and oxygen atoms in total. The van der Waals surface area contributed by atoms with Crippen LogP contribution in [0.3, 0.4) is 0 Å². The Balaban J connectivity index is 2.28. The number of aromatic nitrogens is 3. The summed E-state index contributed by atoms with van der Waals surface area (Å²) in [6, 6.07) is 0. The highest BCUT2D eigenvalue weighted by Gasteiger charge is 2.24. The molecule has 0 aliphatic heterocycles. The third-order valence-electron chi connectivity index (χ3n) is 4.43. The Hall–Kier alpha value is -1.58. The minimum atomic E-state index is 0.109. The van der Waals surface area contributed by atoms with Crippen molar-refractivity contribution < 1.29 is 0 Å². The molecule has 0 amide bonds. The number of fused-ring (bicyclic) bond motifs is 1. The van der Waals surface area contributed by atoms with Gasteiger partial charge in [0.05, 0.1) is 0 Å². The van der Waals surface area contributed by atoms with Gasteiger partial charge in [0.15, 0.2) is 5.65 Å². The van der Waals surface area contributed by atoms with E-state index >= 15 is 0 Å². The second-order valence-electron chi connectivity index (χ2n) is 5.63. The third kappa shape index (κ3) is 1.81. The minimum absolute atomic E-state index is 0.109. The van der Waals surface area contributed by atoms with E-state index < -0.39 is 0 Å². The molecule has 102 valence electrons. The van der Waals surface area contributed by atoms with Crippen molar-refractivity contribution >= 4 is 5.65 Å². The Morgan fingerprint density at radius 3 is 2.63 bits per heavy atom. The molecule has 0 atom stereocenters. The molecule has 1 aliphatic rings. The van der Waals surface area contributed by atoms with E-state index in [9.17, 15) is 4.79 Å². The lowest BCUT2D eigenvalue weighted by atomic mass is 9.97. The Morgan fingerprint density at radius 1 is 1.32 bits per heavy atom. The molecule has 1 saturated carbocycles. The lowest BCUT2D eigenvalue weighted by Crippen LogP contribution is -2.23. The number of hydrogen-bond donors (Lipinski definition) is 1. The molecule has 19 heavy (non-hydrogen) atoms. The third-order valence-corrected chi connectivity index (χ3v) is 4.43. The summed E-state index contributed by atoms with van der Waals surface area (Å²) in [5.74, 6) is 0.408. The molecule has 4 heteroatoms. The van der Waals surface area contributed by atoms with E-state index in [2.05, 4.69) is 12.0 Å². The van der Waals surface area contributed by atoms with Gasteiger partial charge in [-0.15, -0.1) is 0 Å². The van der Waals surface area contributed by atoms with Crippen LogP contribution in [0.1, 0.15) is 61.0 Å². The largest absolute Gasteiger partial charge is 0.294 e. The molecule has 0 spiro atoms. The molecule has 3 rings (SSSR count). The Morgan fingerprint density at radius 2 is 2.00 bits per heavy atom. The summed E-state index contributed by atoms with van der Waals surface area (Å²) in [6.07, 6.45) is 5.62. The molecule has 0 aromatic carbocycles. The molecule has 1 aliphatic carbocycles. The van der Waals surface area contributed by atoms with Crippen molar-refractivity contribution in [3.05, 3.63) is 32.9 Å². The second-order valence-corrected chi connectivity index (χ2v) is 5.63. The molecule has 0 saturated heterocycles. The van der Waals surface area contributed by atoms with Crippen LogP contribution in [0.5, 0.6) is 0 Å². The van der Waals surface area contributed by atoms with E-state index in [-0.39, 0.29) is 5.56 Å². The average Bonchev–Trinajstić information content (AvgIpc) is 2.97. The summed E-state index contributed by atoms with van der Waals surface area (Å²) in [4.78, 5) is 17.4. The number of nitrogens with one attached hydrogen (secondary N) is 1. The number of rotatable bonds is 2. The minimum Gasteiger partial charge on any atom is -0.294 e. The number of H-pyrrole nitrogens is 1. The predicted octanol–water partition coefficient (Wildman–Crippen LogP) is 2.86. The van der Waals surface area contributed by atoms with Gasteiger partial charge in [0.2, 0.25) is 0 Å². The van der Waals surface area contributed by atoms with Crippen molar-refractivity contribution in [1.82, 2.24) is 14.6 Å². The predicted molar refractivity (Wildman–Crippen MR) is 75.9 cm³/mol. The highest BCUT2D eigenvalue weighted by molar-refractivity contribution is 5.51. The summed E-state index contributed by atoms with van der Waals surface area (Å²) in [5.41, 5.74) is 4.97. The van der Waals surface area contributed by atoms with Crippen LogP contribution < -0.4 is 5.56 Å². The van der Waals surface area contributed by atoms with Gasteiger partial charge >= 0.3 is 0 Å². The lowest BCUT2D eigenvalue weighted by Gasteiger charge is -2.11. The number of nitrogens with zero attached hydrogens (tertiary/aromatic N) is 2. The molecule has 0 unspecified atom stereocenters. The van der Waals surface area contributed by atoms with Crippen LogP contribution in [-0.4, -0.2) is 14.6 Å². The maximum absolute atomic E-state index is 12.7. The molecule has 1 N–H and O–H groups in total.